The SMILES string of the molecule is CC1(C)O[C@H]2[C@@H]([C@@H](O)CN3CCOCC3)OC[C@H]2O1. The van der Waals surface area contributed by atoms with E-state index in [1.165, 1.54) is 0 Å². The van der Waals surface area contributed by atoms with E-state index in [1.54, 1.807) is 0 Å². The van der Waals surface area contributed by atoms with Crippen LogP contribution in [0.25, 0.3) is 0 Å². The molecule has 0 aromatic heterocycles. The summed E-state index contributed by atoms with van der Waals surface area (Å²) in [7, 11) is 0. The summed E-state index contributed by atoms with van der Waals surface area (Å²) in [5, 5.41) is 10.4. The Balaban J connectivity index is 1.56. The lowest BCUT2D eigenvalue weighted by molar-refractivity contribution is -0.185. The Morgan fingerprint density at radius 3 is 2.74 bits per heavy atom. The molecule has 3 aliphatic heterocycles. The minimum Gasteiger partial charge on any atom is -0.389 e. The maximum Gasteiger partial charge on any atom is 0.164 e. The first-order valence-corrected chi connectivity index (χ1v) is 7.00. The molecule has 0 amide bonds. The number of nitrogens with zero attached hydrogens (tertiary/aromatic N) is 1. The summed E-state index contributed by atoms with van der Waals surface area (Å²) in [6.07, 6.45) is -1.06. The van der Waals surface area contributed by atoms with Gasteiger partial charge in [0.25, 0.3) is 0 Å². The number of aliphatic hydroxyl groups excluding tert-OH is 1. The normalized spacial score (nSPS) is 40.3. The second-order valence-corrected chi connectivity index (χ2v) is 5.92. The molecule has 0 aliphatic carbocycles. The van der Waals surface area contributed by atoms with Gasteiger partial charge in [0.1, 0.15) is 18.3 Å². The molecule has 0 spiro atoms. The molecule has 3 rings (SSSR count). The lowest BCUT2D eigenvalue weighted by Crippen LogP contribution is -2.48. The van der Waals surface area contributed by atoms with Gasteiger partial charge in [0.15, 0.2) is 5.79 Å². The van der Waals surface area contributed by atoms with E-state index in [-0.39, 0.29) is 18.3 Å². The van der Waals surface area contributed by atoms with E-state index in [1.807, 2.05) is 13.8 Å². The zero-order valence-electron chi connectivity index (χ0n) is 11.6. The highest BCUT2D eigenvalue weighted by Crippen LogP contribution is 2.36. The van der Waals surface area contributed by atoms with Crippen LogP contribution in [-0.2, 0) is 18.9 Å². The quantitative estimate of drug-likeness (QED) is 0.755. The Labute approximate surface area is 113 Å². The Hall–Kier alpha value is -0.240. The fourth-order valence-electron chi connectivity index (χ4n) is 3.05. The van der Waals surface area contributed by atoms with Crippen LogP contribution in [0, 0.1) is 0 Å². The molecule has 3 fully saturated rings. The third-order valence-corrected chi connectivity index (χ3v) is 3.93. The molecule has 3 aliphatic rings. The van der Waals surface area contributed by atoms with Crippen LogP contribution in [0.1, 0.15) is 13.8 Å². The fraction of sp³-hybridized carbons (Fsp3) is 1.00. The molecule has 6 heteroatoms. The zero-order chi connectivity index (χ0) is 13.5. The standard InChI is InChI=1S/C13H23NO5/c1-13(2)18-10-8-17-11(12(10)19-13)9(15)7-14-3-5-16-6-4-14/h9-12,15H,3-8H2,1-2H3/t9-,10+,11+,12+/m0/s1. The van der Waals surface area contributed by atoms with Gasteiger partial charge in [0.05, 0.1) is 25.9 Å². The van der Waals surface area contributed by atoms with Crippen LogP contribution in [-0.4, -0.2) is 79.7 Å². The van der Waals surface area contributed by atoms with E-state index >= 15 is 0 Å². The van der Waals surface area contributed by atoms with Gasteiger partial charge in [0, 0.05) is 19.6 Å². The fourth-order valence-corrected chi connectivity index (χ4v) is 3.05. The van der Waals surface area contributed by atoms with Crippen LogP contribution >= 0.6 is 0 Å². The van der Waals surface area contributed by atoms with Crippen molar-refractivity contribution >= 4 is 0 Å². The summed E-state index contributed by atoms with van der Waals surface area (Å²) in [5.74, 6) is -0.573. The smallest absolute Gasteiger partial charge is 0.164 e. The van der Waals surface area contributed by atoms with Gasteiger partial charge in [0.2, 0.25) is 0 Å². The van der Waals surface area contributed by atoms with Crippen molar-refractivity contribution in [3.63, 3.8) is 0 Å². The summed E-state index contributed by atoms with van der Waals surface area (Å²) in [6, 6.07) is 0. The molecule has 3 heterocycles. The van der Waals surface area contributed by atoms with E-state index in [2.05, 4.69) is 4.90 Å². The maximum atomic E-state index is 10.4. The Kier molecular flexibility index (Phi) is 3.81. The zero-order valence-corrected chi connectivity index (χ0v) is 11.6. The van der Waals surface area contributed by atoms with E-state index in [0.29, 0.717) is 13.2 Å². The molecule has 0 bridgehead atoms. The minimum atomic E-state index is -0.573. The van der Waals surface area contributed by atoms with Gasteiger partial charge in [-0.25, -0.2) is 0 Å². The van der Waals surface area contributed by atoms with E-state index < -0.39 is 11.9 Å². The minimum absolute atomic E-state index is 0.0562. The molecule has 110 valence electrons. The van der Waals surface area contributed by atoms with Gasteiger partial charge in [-0.1, -0.05) is 0 Å². The summed E-state index contributed by atoms with van der Waals surface area (Å²) >= 11 is 0. The molecule has 0 aromatic rings. The van der Waals surface area contributed by atoms with Crippen LogP contribution in [0.4, 0.5) is 0 Å². The van der Waals surface area contributed by atoms with Crippen molar-refractivity contribution < 1.29 is 24.1 Å². The van der Waals surface area contributed by atoms with E-state index in [0.717, 1.165) is 26.3 Å². The van der Waals surface area contributed by atoms with Crippen molar-refractivity contribution in [3.8, 4) is 0 Å². The van der Waals surface area contributed by atoms with Crippen molar-refractivity contribution in [2.75, 3.05) is 39.5 Å². The van der Waals surface area contributed by atoms with Gasteiger partial charge in [-0.05, 0) is 13.8 Å². The molecule has 0 saturated carbocycles. The second kappa shape index (κ2) is 5.27. The lowest BCUT2D eigenvalue weighted by atomic mass is 10.1. The summed E-state index contributed by atoms with van der Waals surface area (Å²) < 4.78 is 22.6. The van der Waals surface area contributed by atoms with E-state index in [9.17, 15) is 5.11 Å². The van der Waals surface area contributed by atoms with Crippen molar-refractivity contribution in [2.24, 2.45) is 0 Å². The Bertz CT molecular complexity index is 318. The average molecular weight is 273 g/mol. The predicted octanol–water partition coefficient (Wildman–Crippen LogP) is -0.402. The molecule has 0 aromatic carbocycles. The summed E-state index contributed by atoms with van der Waals surface area (Å²) in [6.45, 7) is 8.09. The van der Waals surface area contributed by atoms with Gasteiger partial charge in [-0.3, -0.25) is 4.90 Å². The van der Waals surface area contributed by atoms with Gasteiger partial charge >= 0.3 is 0 Å². The van der Waals surface area contributed by atoms with Crippen LogP contribution in [0.2, 0.25) is 0 Å². The lowest BCUT2D eigenvalue weighted by Gasteiger charge is -2.31. The van der Waals surface area contributed by atoms with Crippen LogP contribution in [0.15, 0.2) is 0 Å². The Morgan fingerprint density at radius 2 is 2.00 bits per heavy atom. The molecule has 1 N–H and O–H groups in total. The molecule has 4 atom stereocenters. The highest BCUT2D eigenvalue weighted by Gasteiger charge is 2.52. The second-order valence-electron chi connectivity index (χ2n) is 5.92. The van der Waals surface area contributed by atoms with Gasteiger partial charge in [-0.2, -0.15) is 0 Å². The molecular formula is C13H23NO5. The van der Waals surface area contributed by atoms with Crippen LogP contribution in [0.3, 0.4) is 0 Å². The molecule has 0 radical (unpaired) electrons. The van der Waals surface area contributed by atoms with Crippen molar-refractivity contribution in [3.05, 3.63) is 0 Å². The van der Waals surface area contributed by atoms with Crippen LogP contribution in [0.5, 0.6) is 0 Å². The highest BCUT2D eigenvalue weighted by molar-refractivity contribution is 4.96. The van der Waals surface area contributed by atoms with Gasteiger partial charge < -0.3 is 24.1 Å². The first-order valence-electron chi connectivity index (χ1n) is 7.00. The number of hydrogen-bond acceptors (Lipinski definition) is 6. The molecule has 3 saturated heterocycles. The number of rotatable bonds is 3. The van der Waals surface area contributed by atoms with Gasteiger partial charge in [-0.15, -0.1) is 0 Å². The van der Waals surface area contributed by atoms with Crippen molar-refractivity contribution in [1.29, 1.82) is 0 Å². The molecule has 19 heavy (non-hydrogen) atoms. The number of fused-ring (bicyclic) bond motifs is 1. The van der Waals surface area contributed by atoms with Crippen molar-refractivity contribution in [1.82, 2.24) is 4.90 Å². The van der Waals surface area contributed by atoms with E-state index in [4.69, 9.17) is 18.9 Å². The summed E-state index contributed by atoms with van der Waals surface area (Å²) in [5.41, 5.74) is 0. The largest absolute Gasteiger partial charge is 0.389 e. The van der Waals surface area contributed by atoms with Crippen LogP contribution < -0.4 is 0 Å². The first-order chi connectivity index (χ1) is 9.05. The topological polar surface area (TPSA) is 60.4 Å². The van der Waals surface area contributed by atoms with Crippen molar-refractivity contribution in [2.45, 2.75) is 44.1 Å². The number of hydrogen-bond donors (Lipinski definition) is 1. The molecule has 0 unspecified atom stereocenters. The molecule has 6 nitrogen and oxygen atoms in total. The number of β-amino-alcohol motifs (C(OH)–C–C–N with tert-alkyl or cyclic N) is 1. The monoisotopic (exact) mass is 273 g/mol. The third kappa shape index (κ3) is 2.94. The highest BCUT2D eigenvalue weighted by atomic mass is 16.8. The third-order valence-electron chi connectivity index (χ3n) is 3.93. The number of ether oxygens (including phenoxy) is 4. The first kappa shape index (κ1) is 13.7. The Morgan fingerprint density at radius 1 is 1.26 bits per heavy atom. The predicted molar refractivity (Wildman–Crippen MR) is 66.8 cm³/mol. The maximum absolute atomic E-state index is 10.4. The number of aliphatic hydroxyl groups is 1. The molecular weight excluding hydrogens is 250 g/mol. The summed E-state index contributed by atoms with van der Waals surface area (Å²) in [4.78, 5) is 2.20. The number of morpholine rings is 1. The average Bonchev–Trinajstić information content (AvgIpc) is 2.85.